The molecule has 148 valence electrons. The lowest BCUT2D eigenvalue weighted by atomic mass is 10.1. The molecule has 0 aliphatic rings. The first-order chi connectivity index (χ1) is 14.4. The Balaban J connectivity index is 1.64. The highest BCUT2D eigenvalue weighted by molar-refractivity contribution is 6.33. The fourth-order valence-corrected chi connectivity index (χ4v) is 3.16. The van der Waals surface area contributed by atoms with Crippen molar-refractivity contribution in [3.8, 4) is 28.9 Å². The van der Waals surface area contributed by atoms with Gasteiger partial charge < -0.3 is 0 Å². The first kappa shape index (κ1) is 19.9. The van der Waals surface area contributed by atoms with Crippen molar-refractivity contribution in [3.05, 3.63) is 104 Å². The van der Waals surface area contributed by atoms with Crippen LogP contribution >= 0.6 is 23.2 Å². The van der Waals surface area contributed by atoms with Gasteiger partial charge in [-0.2, -0.15) is 4.68 Å². The molecule has 4 aromatic rings. The van der Waals surface area contributed by atoms with Gasteiger partial charge in [0.1, 0.15) is 11.6 Å². The molecule has 0 radical (unpaired) electrons. The monoisotopic (exact) mass is 441 g/mol. The van der Waals surface area contributed by atoms with Gasteiger partial charge in [0, 0.05) is 10.6 Å². The predicted octanol–water partition coefficient (Wildman–Crippen LogP) is 5.21. The van der Waals surface area contributed by atoms with Gasteiger partial charge >= 0.3 is 5.69 Å². The van der Waals surface area contributed by atoms with Crippen molar-refractivity contribution in [1.29, 1.82) is 0 Å². The summed E-state index contributed by atoms with van der Waals surface area (Å²) in [5.74, 6) is 4.50. The van der Waals surface area contributed by atoms with E-state index in [9.17, 15) is 13.6 Å². The van der Waals surface area contributed by atoms with Gasteiger partial charge in [-0.05, 0) is 54.6 Å². The van der Waals surface area contributed by atoms with Crippen LogP contribution in [0.5, 0.6) is 0 Å². The maximum atomic E-state index is 14.1. The second kappa shape index (κ2) is 8.15. The highest BCUT2D eigenvalue weighted by atomic mass is 35.5. The Hall–Kier alpha value is -3.40. The van der Waals surface area contributed by atoms with Crippen molar-refractivity contribution in [2.24, 2.45) is 0 Å². The van der Waals surface area contributed by atoms with E-state index in [1.807, 2.05) is 0 Å². The second-order valence-corrected chi connectivity index (χ2v) is 7.05. The van der Waals surface area contributed by atoms with Crippen molar-refractivity contribution in [3.63, 3.8) is 0 Å². The van der Waals surface area contributed by atoms with E-state index in [0.29, 0.717) is 16.3 Å². The van der Waals surface area contributed by atoms with E-state index in [2.05, 4.69) is 21.9 Å². The van der Waals surface area contributed by atoms with Gasteiger partial charge in [-0.25, -0.2) is 13.6 Å². The van der Waals surface area contributed by atoms with E-state index in [4.69, 9.17) is 23.2 Å². The van der Waals surface area contributed by atoms with Crippen LogP contribution in [0.15, 0.2) is 65.5 Å². The Morgan fingerprint density at radius 1 is 0.933 bits per heavy atom. The van der Waals surface area contributed by atoms with E-state index in [-0.39, 0.29) is 22.0 Å². The summed E-state index contributed by atoms with van der Waals surface area (Å²) in [6.07, 6.45) is 0. The molecular formula is C22H11Cl2F2N3O. The summed E-state index contributed by atoms with van der Waals surface area (Å²) in [5, 5.41) is 4.57. The number of H-pyrrole nitrogens is 1. The highest BCUT2D eigenvalue weighted by Crippen LogP contribution is 2.27. The van der Waals surface area contributed by atoms with E-state index in [0.717, 1.165) is 4.68 Å². The fraction of sp³-hybridized carbons (Fsp3) is 0. The summed E-state index contributed by atoms with van der Waals surface area (Å²) >= 11 is 11.8. The number of halogens is 4. The van der Waals surface area contributed by atoms with Crippen LogP contribution in [-0.4, -0.2) is 14.8 Å². The minimum Gasteiger partial charge on any atom is -0.288 e. The Kier molecular flexibility index (Phi) is 5.40. The molecule has 1 N–H and O–H groups in total. The minimum atomic E-state index is -0.594. The summed E-state index contributed by atoms with van der Waals surface area (Å²) in [4.78, 5) is 14.8. The SMILES string of the molecule is O=c1[nH]c(-c2c(F)cccc2Cl)nn1-c1ccc(C#Cc2ccc(Cl)cc2F)cc1. The largest absolute Gasteiger partial charge is 0.348 e. The lowest BCUT2D eigenvalue weighted by molar-refractivity contribution is 0.624. The van der Waals surface area contributed by atoms with E-state index in [1.165, 1.54) is 30.3 Å². The summed E-state index contributed by atoms with van der Waals surface area (Å²) in [6, 6.07) is 15.0. The third-order valence-corrected chi connectivity index (χ3v) is 4.75. The molecular weight excluding hydrogens is 431 g/mol. The molecule has 0 amide bonds. The van der Waals surface area contributed by atoms with E-state index >= 15 is 0 Å². The van der Waals surface area contributed by atoms with Gasteiger partial charge in [0.2, 0.25) is 0 Å². The summed E-state index contributed by atoms with van der Waals surface area (Å²) in [5.41, 5.74) is 0.736. The topological polar surface area (TPSA) is 50.7 Å². The lowest BCUT2D eigenvalue weighted by Crippen LogP contribution is -2.15. The molecule has 1 heterocycles. The molecule has 4 rings (SSSR count). The zero-order chi connectivity index (χ0) is 21.3. The molecule has 8 heteroatoms. The zero-order valence-corrected chi connectivity index (χ0v) is 16.6. The molecule has 0 atom stereocenters. The smallest absolute Gasteiger partial charge is 0.288 e. The summed E-state index contributed by atoms with van der Waals surface area (Å²) < 4.78 is 29.0. The predicted molar refractivity (Wildman–Crippen MR) is 112 cm³/mol. The van der Waals surface area contributed by atoms with Crippen LogP contribution in [0.4, 0.5) is 8.78 Å². The summed E-state index contributed by atoms with van der Waals surface area (Å²) in [6.45, 7) is 0. The van der Waals surface area contributed by atoms with Crippen molar-refractivity contribution < 1.29 is 8.78 Å². The lowest BCUT2D eigenvalue weighted by Gasteiger charge is -2.02. The van der Waals surface area contributed by atoms with Gasteiger partial charge in [-0.15, -0.1) is 5.10 Å². The third kappa shape index (κ3) is 3.99. The quantitative estimate of drug-likeness (QED) is 0.434. The van der Waals surface area contributed by atoms with Crippen molar-refractivity contribution in [2.45, 2.75) is 0 Å². The van der Waals surface area contributed by atoms with Crippen LogP contribution in [-0.2, 0) is 0 Å². The Labute approximate surface area is 179 Å². The molecule has 3 aromatic carbocycles. The van der Waals surface area contributed by atoms with Gasteiger partial charge in [0.05, 0.1) is 21.8 Å². The molecule has 0 saturated carbocycles. The van der Waals surface area contributed by atoms with Crippen LogP contribution in [0, 0.1) is 23.5 Å². The number of hydrogen-bond acceptors (Lipinski definition) is 2. The average Bonchev–Trinajstić information content (AvgIpc) is 3.09. The molecule has 1 aromatic heterocycles. The molecule has 0 aliphatic heterocycles. The molecule has 30 heavy (non-hydrogen) atoms. The minimum absolute atomic E-state index is 0.0162. The zero-order valence-electron chi connectivity index (χ0n) is 15.1. The highest BCUT2D eigenvalue weighted by Gasteiger charge is 2.15. The van der Waals surface area contributed by atoms with Gasteiger partial charge in [0.25, 0.3) is 0 Å². The number of nitrogens with one attached hydrogen (secondary N) is 1. The number of aromatic amines is 1. The van der Waals surface area contributed by atoms with Gasteiger partial charge in [0.15, 0.2) is 5.82 Å². The summed E-state index contributed by atoms with van der Waals surface area (Å²) in [7, 11) is 0. The van der Waals surface area contributed by atoms with Crippen molar-refractivity contribution in [1.82, 2.24) is 14.8 Å². The number of benzene rings is 3. The molecule has 0 unspecified atom stereocenters. The number of rotatable bonds is 2. The first-order valence-corrected chi connectivity index (χ1v) is 9.39. The molecule has 0 fully saturated rings. The molecule has 0 bridgehead atoms. The van der Waals surface area contributed by atoms with Crippen LogP contribution in [0.1, 0.15) is 11.1 Å². The van der Waals surface area contributed by atoms with Crippen LogP contribution in [0.3, 0.4) is 0 Å². The maximum Gasteiger partial charge on any atom is 0.348 e. The molecule has 4 nitrogen and oxygen atoms in total. The second-order valence-electron chi connectivity index (χ2n) is 6.21. The normalized spacial score (nSPS) is 10.5. The molecule has 0 aliphatic carbocycles. The fourth-order valence-electron chi connectivity index (χ4n) is 2.75. The average molecular weight is 442 g/mol. The number of aromatic nitrogens is 3. The Bertz CT molecular complexity index is 1350. The first-order valence-electron chi connectivity index (χ1n) is 8.63. The van der Waals surface area contributed by atoms with Crippen molar-refractivity contribution in [2.75, 3.05) is 0 Å². The van der Waals surface area contributed by atoms with E-state index in [1.54, 1.807) is 30.3 Å². The number of nitrogens with zero attached hydrogens (tertiary/aromatic N) is 2. The van der Waals surface area contributed by atoms with Crippen molar-refractivity contribution >= 4 is 23.2 Å². The molecule has 0 saturated heterocycles. The number of hydrogen-bond donors (Lipinski definition) is 1. The van der Waals surface area contributed by atoms with Crippen LogP contribution in [0.2, 0.25) is 10.0 Å². The van der Waals surface area contributed by atoms with E-state index < -0.39 is 17.3 Å². The van der Waals surface area contributed by atoms with Gasteiger partial charge in [-0.1, -0.05) is 41.1 Å². The maximum absolute atomic E-state index is 14.1. The van der Waals surface area contributed by atoms with Crippen LogP contribution < -0.4 is 5.69 Å². The van der Waals surface area contributed by atoms with Crippen LogP contribution in [0.25, 0.3) is 17.1 Å². The Morgan fingerprint density at radius 2 is 1.70 bits per heavy atom. The third-order valence-electron chi connectivity index (χ3n) is 4.20. The van der Waals surface area contributed by atoms with Gasteiger partial charge in [-0.3, -0.25) is 4.98 Å². The Morgan fingerprint density at radius 3 is 2.40 bits per heavy atom. The molecule has 0 spiro atoms. The standard InChI is InChI=1S/C22H11Cl2F2N3O/c23-15-9-8-14(19(26)12-15)7-4-13-5-10-16(11-6-13)29-22(30)27-21(28-29)20-17(24)2-1-3-18(20)25/h1-3,5-6,8-12H,(H,27,28,30).